The Balaban J connectivity index is 1.77. The van der Waals surface area contributed by atoms with Crippen LogP contribution in [0.1, 0.15) is 13.8 Å². The minimum absolute atomic E-state index is 0.199. The van der Waals surface area contributed by atoms with Crippen molar-refractivity contribution in [3.63, 3.8) is 0 Å². The topological polar surface area (TPSA) is 128 Å². The molecule has 5 rings (SSSR count). The summed E-state index contributed by atoms with van der Waals surface area (Å²) >= 11 is 0. The summed E-state index contributed by atoms with van der Waals surface area (Å²) < 4.78 is 2.19. The number of carbonyl (C=O) groups is 2. The summed E-state index contributed by atoms with van der Waals surface area (Å²) in [6.07, 6.45) is 0. The summed E-state index contributed by atoms with van der Waals surface area (Å²) in [4.78, 5) is 59.4. The largest absolute Gasteiger partial charge is 0.280 e. The number of rotatable bonds is 4. The van der Waals surface area contributed by atoms with Crippen molar-refractivity contribution < 1.29 is 9.59 Å². The van der Waals surface area contributed by atoms with Gasteiger partial charge in [-0.15, -0.1) is 0 Å². The molecule has 2 amide bonds. The number of para-hydroxylation sites is 2. The molecule has 10 nitrogen and oxygen atoms in total. The third-order valence-corrected chi connectivity index (χ3v) is 5.47. The van der Waals surface area contributed by atoms with Crippen LogP contribution in [0, 0.1) is 0 Å². The Morgan fingerprint density at radius 2 is 1.06 bits per heavy atom. The van der Waals surface area contributed by atoms with Gasteiger partial charge in [-0.2, -0.15) is 9.35 Å². The monoisotopic (exact) mass is 480 g/mol. The predicted octanol–water partition coefficient (Wildman–Crippen LogP) is 2.62. The van der Waals surface area contributed by atoms with Gasteiger partial charge < -0.3 is 0 Å². The molecule has 10 heteroatoms. The van der Waals surface area contributed by atoms with E-state index in [1.807, 2.05) is 0 Å². The third kappa shape index (κ3) is 4.00. The molecule has 0 bridgehead atoms. The molecule has 0 spiro atoms. The lowest BCUT2D eigenvalue weighted by Crippen LogP contribution is -2.34. The maximum absolute atomic E-state index is 13.2. The molecule has 2 aromatic heterocycles. The molecule has 2 heterocycles. The average molecular weight is 480 g/mol. The molecule has 3 aromatic carbocycles. The molecule has 178 valence electrons. The fourth-order valence-electron chi connectivity index (χ4n) is 3.97. The van der Waals surface area contributed by atoms with E-state index in [2.05, 4.69) is 20.8 Å². The molecule has 0 aliphatic carbocycles. The first-order valence-corrected chi connectivity index (χ1v) is 11.0. The predicted molar refractivity (Wildman–Crippen MR) is 137 cm³/mol. The second-order valence-electron chi connectivity index (χ2n) is 8.10. The number of benzene rings is 3. The molecule has 0 unspecified atom stereocenters. The van der Waals surface area contributed by atoms with Crippen molar-refractivity contribution in [2.24, 2.45) is 0 Å². The van der Waals surface area contributed by atoms with Crippen LogP contribution in [0.4, 0.5) is 0 Å². The molecule has 36 heavy (non-hydrogen) atoms. The van der Waals surface area contributed by atoms with Gasteiger partial charge in [0.1, 0.15) is 0 Å². The molecule has 0 atom stereocenters. The molecular formula is C26H20N6O4. The number of amides is 2. The Morgan fingerprint density at radius 1 is 0.639 bits per heavy atom. The normalized spacial score (nSPS) is 10.9. The van der Waals surface area contributed by atoms with E-state index >= 15 is 0 Å². The summed E-state index contributed by atoms with van der Waals surface area (Å²) in [6, 6.07) is 20.5. The second kappa shape index (κ2) is 8.91. The van der Waals surface area contributed by atoms with Crippen LogP contribution in [0.5, 0.6) is 0 Å². The zero-order chi connectivity index (χ0) is 25.4. The van der Waals surface area contributed by atoms with Crippen LogP contribution in [0.15, 0.2) is 82.4 Å². The lowest BCUT2D eigenvalue weighted by Gasteiger charge is -2.16. The molecule has 0 saturated carbocycles. The van der Waals surface area contributed by atoms with Crippen LogP contribution in [0.25, 0.3) is 44.6 Å². The minimum atomic E-state index is -0.442. The first-order valence-electron chi connectivity index (χ1n) is 11.0. The van der Waals surface area contributed by atoms with E-state index in [1.54, 1.807) is 72.8 Å². The summed E-state index contributed by atoms with van der Waals surface area (Å²) in [6.45, 7) is 2.60. The lowest BCUT2D eigenvalue weighted by atomic mass is 10.1. The van der Waals surface area contributed by atoms with Gasteiger partial charge in [0, 0.05) is 25.0 Å². The van der Waals surface area contributed by atoms with Gasteiger partial charge in [-0.3, -0.25) is 30.0 Å². The van der Waals surface area contributed by atoms with Gasteiger partial charge in [0.2, 0.25) is 11.8 Å². The van der Waals surface area contributed by atoms with Crippen LogP contribution >= 0.6 is 0 Å². The summed E-state index contributed by atoms with van der Waals surface area (Å²) in [5.74, 6) is -0.487. The molecule has 2 N–H and O–H groups in total. The number of hydrogen-bond donors (Lipinski definition) is 2. The highest BCUT2D eigenvalue weighted by Gasteiger charge is 2.17. The molecular weight excluding hydrogens is 460 g/mol. The van der Waals surface area contributed by atoms with Gasteiger partial charge in [0.25, 0.3) is 11.1 Å². The highest BCUT2D eigenvalue weighted by Crippen LogP contribution is 2.25. The summed E-state index contributed by atoms with van der Waals surface area (Å²) in [5.41, 5.74) is 6.10. The van der Waals surface area contributed by atoms with E-state index in [9.17, 15) is 19.2 Å². The summed E-state index contributed by atoms with van der Waals surface area (Å²) in [5, 5.41) is 0.698. The fourth-order valence-corrected chi connectivity index (χ4v) is 3.97. The van der Waals surface area contributed by atoms with Crippen molar-refractivity contribution in [2.45, 2.75) is 13.8 Å². The van der Waals surface area contributed by atoms with Crippen LogP contribution in [0.3, 0.4) is 0 Å². The second-order valence-corrected chi connectivity index (χ2v) is 8.10. The van der Waals surface area contributed by atoms with Crippen LogP contribution in [0.2, 0.25) is 0 Å². The number of nitrogens with zero attached hydrogens (tertiary/aromatic N) is 4. The van der Waals surface area contributed by atoms with Crippen LogP contribution in [-0.4, -0.2) is 31.1 Å². The molecule has 0 aliphatic heterocycles. The number of nitrogens with one attached hydrogen (secondary N) is 2. The van der Waals surface area contributed by atoms with E-state index < -0.39 is 22.9 Å². The van der Waals surface area contributed by atoms with Crippen molar-refractivity contribution in [1.82, 2.24) is 19.3 Å². The fraction of sp³-hybridized carbons (Fsp3) is 0.0769. The minimum Gasteiger partial charge on any atom is -0.274 e. The van der Waals surface area contributed by atoms with Gasteiger partial charge in [-0.05, 0) is 30.3 Å². The Kier molecular flexibility index (Phi) is 5.61. The Morgan fingerprint density at radius 3 is 1.47 bits per heavy atom. The molecule has 5 aromatic rings. The number of hydrogen-bond acceptors (Lipinski definition) is 6. The zero-order valence-electron chi connectivity index (χ0n) is 19.4. The first kappa shape index (κ1) is 22.7. The molecule has 0 radical (unpaired) electrons. The lowest BCUT2D eigenvalue weighted by molar-refractivity contribution is -0.115. The Bertz CT molecular complexity index is 1680. The average Bonchev–Trinajstić information content (AvgIpc) is 2.87. The van der Waals surface area contributed by atoms with Crippen LogP contribution in [-0.2, 0) is 9.59 Å². The number of aromatic nitrogens is 4. The van der Waals surface area contributed by atoms with Crippen molar-refractivity contribution >= 4 is 33.6 Å². The van der Waals surface area contributed by atoms with Gasteiger partial charge in [0.05, 0.1) is 21.8 Å². The summed E-state index contributed by atoms with van der Waals surface area (Å²) in [7, 11) is 0. The van der Waals surface area contributed by atoms with E-state index in [-0.39, 0.29) is 11.6 Å². The van der Waals surface area contributed by atoms with E-state index in [0.29, 0.717) is 32.9 Å². The van der Waals surface area contributed by atoms with Crippen molar-refractivity contribution in [1.29, 1.82) is 0 Å². The highest BCUT2D eigenvalue weighted by molar-refractivity contribution is 5.86. The van der Waals surface area contributed by atoms with E-state index in [4.69, 9.17) is 0 Å². The van der Waals surface area contributed by atoms with E-state index in [0.717, 1.165) is 9.35 Å². The van der Waals surface area contributed by atoms with Gasteiger partial charge in [-0.1, -0.05) is 42.5 Å². The highest BCUT2D eigenvalue weighted by atomic mass is 16.2. The first-order chi connectivity index (χ1) is 17.3. The van der Waals surface area contributed by atoms with Gasteiger partial charge in [-0.25, -0.2) is 9.97 Å². The van der Waals surface area contributed by atoms with Crippen LogP contribution < -0.4 is 22.0 Å². The zero-order valence-corrected chi connectivity index (χ0v) is 19.4. The van der Waals surface area contributed by atoms with Gasteiger partial charge in [0.15, 0.2) is 11.6 Å². The maximum atomic E-state index is 13.2. The third-order valence-electron chi connectivity index (χ3n) is 5.47. The molecule has 0 fully saturated rings. The quantitative estimate of drug-likeness (QED) is 0.407. The molecule has 0 aliphatic rings. The van der Waals surface area contributed by atoms with Crippen molar-refractivity contribution in [3.05, 3.63) is 93.5 Å². The number of fused-ring (bicyclic) bond motifs is 2. The number of carbonyl (C=O) groups excluding carboxylic acids is 2. The molecule has 0 saturated heterocycles. The Labute approximate surface area is 203 Å². The maximum Gasteiger partial charge on any atom is 0.280 e. The van der Waals surface area contributed by atoms with E-state index in [1.165, 1.54) is 13.8 Å². The SMILES string of the molecule is CC(=O)Nn1c(-c2cccc(-c3nc4ccccc4c(=O)n3NC(C)=O)c2)nc2ccccc2c1=O. The van der Waals surface area contributed by atoms with Crippen molar-refractivity contribution in [2.75, 3.05) is 10.9 Å². The smallest absolute Gasteiger partial charge is 0.274 e. The van der Waals surface area contributed by atoms with Crippen molar-refractivity contribution in [3.8, 4) is 22.8 Å². The Hall–Kier alpha value is -5.12. The van der Waals surface area contributed by atoms with Gasteiger partial charge >= 0.3 is 0 Å². The standard InChI is InChI=1S/C26H20N6O4/c1-15(33)29-31-23(27-21-12-5-3-10-19(21)25(31)35)17-8-7-9-18(14-17)24-28-22-13-6-4-11-20(22)26(36)32(24)30-16(2)34/h3-14H,1-2H3,(H,29,33)(H,30,34).